The zero-order chi connectivity index (χ0) is 17.3. The van der Waals surface area contributed by atoms with Gasteiger partial charge in [-0.3, -0.25) is 9.59 Å². The fourth-order valence-corrected chi connectivity index (χ4v) is 3.00. The average Bonchev–Trinajstić information content (AvgIpc) is 3.39. The molecule has 0 spiro atoms. The third kappa shape index (κ3) is 2.80. The zero-order valence-corrected chi connectivity index (χ0v) is 14.3. The van der Waals surface area contributed by atoms with Crippen molar-refractivity contribution >= 4 is 23.2 Å². The summed E-state index contributed by atoms with van der Waals surface area (Å²) in [6.45, 7) is 3.92. The van der Waals surface area contributed by atoms with E-state index in [0.29, 0.717) is 12.8 Å². The Morgan fingerprint density at radius 3 is 2.08 bits per heavy atom. The molecule has 1 N–H and O–H groups in total. The molecule has 3 rings (SSSR count). The minimum Gasteiger partial charge on any atom is -0.325 e. The predicted molar refractivity (Wildman–Crippen MR) is 96.1 cm³/mol. The molecule has 124 valence electrons. The van der Waals surface area contributed by atoms with Crippen LogP contribution in [0, 0.1) is 19.3 Å². The van der Waals surface area contributed by atoms with Crippen LogP contribution in [-0.4, -0.2) is 18.9 Å². The molecule has 0 unspecified atom stereocenters. The van der Waals surface area contributed by atoms with E-state index in [1.165, 1.54) is 0 Å². The van der Waals surface area contributed by atoms with Gasteiger partial charge in [0, 0.05) is 18.4 Å². The number of carbonyl (C=O) groups excluding carboxylic acids is 2. The molecule has 0 radical (unpaired) electrons. The van der Waals surface area contributed by atoms with Crippen molar-refractivity contribution in [1.82, 2.24) is 0 Å². The minimum atomic E-state index is -0.931. The Kier molecular flexibility index (Phi) is 4.14. The molecule has 0 aromatic heterocycles. The Morgan fingerprint density at radius 2 is 1.54 bits per heavy atom. The van der Waals surface area contributed by atoms with Crippen molar-refractivity contribution in [1.29, 1.82) is 0 Å². The summed E-state index contributed by atoms with van der Waals surface area (Å²) in [4.78, 5) is 27.3. The number of carbonyl (C=O) groups is 2. The number of anilines is 2. The third-order valence-electron chi connectivity index (χ3n) is 4.76. The van der Waals surface area contributed by atoms with Crippen molar-refractivity contribution in [3.8, 4) is 0 Å². The Bertz CT molecular complexity index is 759. The number of hydrogen-bond donors (Lipinski definition) is 1. The van der Waals surface area contributed by atoms with Gasteiger partial charge in [0.1, 0.15) is 5.41 Å². The van der Waals surface area contributed by atoms with Crippen LogP contribution in [0.25, 0.3) is 0 Å². The van der Waals surface area contributed by atoms with E-state index in [-0.39, 0.29) is 11.8 Å². The first-order chi connectivity index (χ1) is 11.5. The highest BCUT2D eigenvalue weighted by Crippen LogP contribution is 2.48. The highest BCUT2D eigenvalue weighted by atomic mass is 16.2. The monoisotopic (exact) mass is 322 g/mol. The molecule has 1 fully saturated rings. The lowest BCUT2D eigenvalue weighted by Gasteiger charge is -2.23. The summed E-state index contributed by atoms with van der Waals surface area (Å²) < 4.78 is 0. The van der Waals surface area contributed by atoms with Crippen molar-refractivity contribution in [2.24, 2.45) is 5.41 Å². The molecule has 1 saturated carbocycles. The van der Waals surface area contributed by atoms with Gasteiger partial charge in [0.15, 0.2) is 0 Å². The van der Waals surface area contributed by atoms with Crippen molar-refractivity contribution in [2.45, 2.75) is 26.7 Å². The smallest absolute Gasteiger partial charge is 0.242 e. The first kappa shape index (κ1) is 16.2. The lowest BCUT2D eigenvalue weighted by Crippen LogP contribution is -2.41. The number of para-hydroxylation sites is 2. The highest BCUT2D eigenvalue weighted by molar-refractivity contribution is 6.17. The van der Waals surface area contributed by atoms with Gasteiger partial charge >= 0.3 is 0 Å². The van der Waals surface area contributed by atoms with Gasteiger partial charge < -0.3 is 10.2 Å². The van der Waals surface area contributed by atoms with Gasteiger partial charge in [-0.15, -0.1) is 0 Å². The van der Waals surface area contributed by atoms with E-state index in [4.69, 9.17) is 0 Å². The van der Waals surface area contributed by atoms with E-state index >= 15 is 0 Å². The summed E-state index contributed by atoms with van der Waals surface area (Å²) in [5.74, 6) is -0.342. The van der Waals surface area contributed by atoms with Crippen LogP contribution in [-0.2, 0) is 9.59 Å². The van der Waals surface area contributed by atoms with E-state index < -0.39 is 5.41 Å². The van der Waals surface area contributed by atoms with Crippen LogP contribution in [0.3, 0.4) is 0 Å². The fraction of sp³-hybridized carbons (Fsp3) is 0.300. The van der Waals surface area contributed by atoms with Crippen LogP contribution >= 0.6 is 0 Å². The van der Waals surface area contributed by atoms with E-state index in [2.05, 4.69) is 5.32 Å². The molecule has 0 aliphatic heterocycles. The summed E-state index contributed by atoms with van der Waals surface area (Å²) in [5.41, 5.74) is 2.68. The van der Waals surface area contributed by atoms with Crippen LogP contribution in [0.2, 0.25) is 0 Å². The molecule has 1 aliphatic carbocycles. The molecule has 2 aromatic carbocycles. The zero-order valence-electron chi connectivity index (χ0n) is 14.3. The minimum absolute atomic E-state index is 0.141. The van der Waals surface area contributed by atoms with Gasteiger partial charge in [-0.05, 0) is 49.9 Å². The first-order valence-corrected chi connectivity index (χ1v) is 8.16. The van der Waals surface area contributed by atoms with Gasteiger partial charge in [0.2, 0.25) is 11.8 Å². The quantitative estimate of drug-likeness (QED) is 0.873. The molecule has 4 heteroatoms. The van der Waals surface area contributed by atoms with Gasteiger partial charge in [-0.1, -0.05) is 36.4 Å². The average molecular weight is 322 g/mol. The summed E-state index contributed by atoms with van der Waals surface area (Å²) >= 11 is 0. The number of nitrogens with one attached hydrogen (secondary N) is 1. The van der Waals surface area contributed by atoms with Crippen LogP contribution < -0.4 is 10.2 Å². The number of benzene rings is 2. The molecule has 0 bridgehead atoms. The van der Waals surface area contributed by atoms with Crippen LogP contribution in [0.1, 0.15) is 24.0 Å². The summed E-state index contributed by atoms with van der Waals surface area (Å²) in [6.07, 6.45) is 1.19. The summed E-state index contributed by atoms with van der Waals surface area (Å²) in [5, 5.41) is 2.98. The van der Waals surface area contributed by atoms with E-state index in [0.717, 1.165) is 22.5 Å². The van der Waals surface area contributed by atoms with Gasteiger partial charge in [0.25, 0.3) is 0 Å². The van der Waals surface area contributed by atoms with Crippen molar-refractivity contribution in [2.75, 3.05) is 17.3 Å². The van der Waals surface area contributed by atoms with Crippen molar-refractivity contribution in [3.63, 3.8) is 0 Å². The van der Waals surface area contributed by atoms with Gasteiger partial charge in [0.05, 0.1) is 0 Å². The largest absolute Gasteiger partial charge is 0.325 e. The topological polar surface area (TPSA) is 49.4 Å². The maximum Gasteiger partial charge on any atom is 0.242 e. The maximum atomic E-state index is 12.9. The van der Waals surface area contributed by atoms with Crippen LogP contribution in [0.15, 0.2) is 48.5 Å². The van der Waals surface area contributed by atoms with Crippen LogP contribution in [0.4, 0.5) is 11.4 Å². The Morgan fingerprint density at radius 1 is 0.958 bits per heavy atom. The predicted octanol–water partition coefficient (Wildman–Crippen LogP) is 3.69. The second-order valence-electron chi connectivity index (χ2n) is 6.50. The van der Waals surface area contributed by atoms with E-state index in [9.17, 15) is 9.59 Å². The standard InChI is InChI=1S/C20H22N2O2/c1-14-8-7-9-15(2)17(14)21-18(23)20(12-13-20)19(24)22(3)16-10-5-4-6-11-16/h4-11H,12-13H2,1-3H3,(H,21,23). The number of amides is 2. The SMILES string of the molecule is Cc1cccc(C)c1NC(=O)C1(C(=O)N(C)c2ccccc2)CC1. The Balaban J connectivity index is 1.81. The third-order valence-corrected chi connectivity index (χ3v) is 4.76. The molecular weight excluding hydrogens is 300 g/mol. The van der Waals surface area contributed by atoms with Crippen LogP contribution in [0.5, 0.6) is 0 Å². The fourth-order valence-electron chi connectivity index (χ4n) is 3.00. The molecular formula is C20H22N2O2. The highest BCUT2D eigenvalue weighted by Gasteiger charge is 2.57. The maximum absolute atomic E-state index is 12.9. The first-order valence-electron chi connectivity index (χ1n) is 8.16. The molecule has 0 heterocycles. The molecule has 24 heavy (non-hydrogen) atoms. The lowest BCUT2D eigenvalue weighted by molar-refractivity contribution is -0.132. The number of aryl methyl sites for hydroxylation is 2. The van der Waals surface area contributed by atoms with Gasteiger partial charge in [-0.25, -0.2) is 0 Å². The Hall–Kier alpha value is -2.62. The normalized spacial score (nSPS) is 14.8. The molecule has 1 aliphatic rings. The summed E-state index contributed by atoms with van der Waals surface area (Å²) in [7, 11) is 1.73. The second-order valence-corrected chi connectivity index (χ2v) is 6.50. The van der Waals surface area contributed by atoms with Crippen molar-refractivity contribution in [3.05, 3.63) is 59.7 Å². The molecule has 0 atom stereocenters. The number of hydrogen-bond acceptors (Lipinski definition) is 2. The summed E-state index contributed by atoms with van der Waals surface area (Å²) in [6, 6.07) is 15.3. The van der Waals surface area contributed by atoms with E-state index in [1.54, 1.807) is 11.9 Å². The molecule has 0 saturated heterocycles. The molecule has 4 nitrogen and oxygen atoms in total. The van der Waals surface area contributed by atoms with Crippen molar-refractivity contribution < 1.29 is 9.59 Å². The van der Waals surface area contributed by atoms with Gasteiger partial charge in [-0.2, -0.15) is 0 Å². The molecule has 2 amide bonds. The number of rotatable bonds is 4. The lowest BCUT2D eigenvalue weighted by atomic mass is 10.0. The number of nitrogens with zero attached hydrogens (tertiary/aromatic N) is 1. The van der Waals surface area contributed by atoms with E-state index in [1.807, 2.05) is 62.4 Å². The Labute approximate surface area is 142 Å². The second kappa shape index (κ2) is 6.11. The molecule has 2 aromatic rings.